The molecule has 0 heterocycles. The maximum Gasteiger partial charge on any atom is 0.152 e. The van der Waals surface area contributed by atoms with Gasteiger partial charge in [-0.25, -0.2) is 0 Å². The van der Waals surface area contributed by atoms with Crippen molar-refractivity contribution in [2.45, 2.75) is 45.8 Å². The monoisotopic (exact) mass is 247 g/mol. The van der Waals surface area contributed by atoms with Gasteiger partial charge in [-0.2, -0.15) is 0 Å². The molecule has 17 heavy (non-hydrogen) atoms. The zero-order valence-corrected chi connectivity index (χ0v) is 13.0. The van der Waals surface area contributed by atoms with Crippen LogP contribution in [0, 0.1) is 0 Å². The Balaban J connectivity index is 3.08. The molecular formula is C15H25NSi. The van der Waals surface area contributed by atoms with Crippen LogP contribution in [0.1, 0.15) is 33.3 Å². The second-order valence-electron chi connectivity index (χ2n) is 6.33. The van der Waals surface area contributed by atoms with Crippen LogP contribution >= 0.6 is 0 Å². The first-order chi connectivity index (χ1) is 7.65. The molecule has 0 saturated carbocycles. The lowest BCUT2D eigenvalue weighted by Gasteiger charge is -2.38. The van der Waals surface area contributed by atoms with E-state index in [1.165, 1.54) is 11.3 Å². The van der Waals surface area contributed by atoms with Crippen molar-refractivity contribution in [3.05, 3.63) is 36.4 Å². The SMILES string of the molecule is C=C(C)c1ccccc1N[Si](C)(C)C(C)(C)C. The van der Waals surface area contributed by atoms with Gasteiger partial charge in [0, 0.05) is 5.69 Å². The van der Waals surface area contributed by atoms with E-state index in [0.717, 1.165) is 5.57 Å². The summed E-state index contributed by atoms with van der Waals surface area (Å²) in [5.74, 6) is 0. The van der Waals surface area contributed by atoms with Crippen molar-refractivity contribution in [3.8, 4) is 0 Å². The van der Waals surface area contributed by atoms with E-state index in [9.17, 15) is 0 Å². The third kappa shape index (κ3) is 3.22. The fraction of sp³-hybridized carbons (Fsp3) is 0.467. The predicted molar refractivity (Wildman–Crippen MR) is 82.0 cm³/mol. The Morgan fingerprint density at radius 3 is 2.18 bits per heavy atom. The van der Waals surface area contributed by atoms with Crippen LogP contribution in [-0.4, -0.2) is 8.24 Å². The molecule has 94 valence electrons. The molecule has 1 N–H and O–H groups in total. The molecule has 0 unspecified atom stereocenters. The molecule has 0 bridgehead atoms. The topological polar surface area (TPSA) is 12.0 Å². The Labute approximate surface area is 107 Å². The minimum atomic E-state index is -1.51. The van der Waals surface area contributed by atoms with E-state index in [4.69, 9.17) is 0 Å². The van der Waals surface area contributed by atoms with E-state index in [1.54, 1.807) is 0 Å². The van der Waals surface area contributed by atoms with Crippen molar-refractivity contribution in [2.75, 3.05) is 4.98 Å². The van der Waals surface area contributed by atoms with E-state index in [1.807, 2.05) is 0 Å². The van der Waals surface area contributed by atoms with Crippen LogP contribution in [0.2, 0.25) is 18.1 Å². The number of hydrogen-bond donors (Lipinski definition) is 1. The number of para-hydroxylation sites is 1. The molecule has 0 aliphatic heterocycles. The molecule has 0 fully saturated rings. The van der Waals surface area contributed by atoms with Crippen LogP contribution in [0.3, 0.4) is 0 Å². The number of allylic oxidation sites excluding steroid dienone is 1. The molecule has 0 radical (unpaired) electrons. The van der Waals surface area contributed by atoms with Crippen LogP contribution in [0.4, 0.5) is 5.69 Å². The molecule has 0 aliphatic carbocycles. The summed E-state index contributed by atoms with van der Waals surface area (Å²) in [4.78, 5) is 3.79. The average molecular weight is 247 g/mol. The summed E-state index contributed by atoms with van der Waals surface area (Å²) >= 11 is 0. The van der Waals surface area contributed by atoms with Gasteiger partial charge in [-0.1, -0.05) is 58.6 Å². The van der Waals surface area contributed by atoms with E-state index < -0.39 is 8.24 Å². The third-order valence-electron chi connectivity index (χ3n) is 3.71. The Kier molecular flexibility index (Phi) is 3.87. The minimum Gasteiger partial charge on any atom is -0.410 e. The highest BCUT2D eigenvalue weighted by atomic mass is 28.3. The Hall–Kier alpha value is -1.02. The summed E-state index contributed by atoms with van der Waals surface area (Å²) in [5, 5.41) is 0.329. The third-order valence-corrected chi connectivity index (χ3v) is 8.35. The van der Waals surface area contributed by atoms with Gasteiger partial charge in [0.15, 0.2) is 8.24 Å². The van der Waals surface area contributed by atoms with E-state index in [2.05, 4.69) is 76.6 Å². The molecule has 0 atom stereocenters. The lowest BCUT2D eigenvalue weighted by Crippen LogP contribution is -2.46. The highest BCUT2D eigenvalue weighted by molar-refractivity contribution is 6.83. The number of hydrogen-bond acceptors (Lipinski definition) is 1. The fourth-order valence-electron chi connectivity index (χ4n) is 1.49. The van der Waals surface area contributed by atoms with Gasteiger partial charge in [0.2, 0.25) is 0 Å². The van der Waals surface area contributed by atoms with Crippen molar-refractivity contribution >= 4 is 19.5 Å². The average Bonchev–Trinajstić information content (AvgIpc) is 2.15. The van der Waals surface area contributed by atoms with Crippen molar-refractivity contribution in [2.24, 2.45) is 0 Å². The second-order valence-corrected chi connectivity index (χ2v) is 11.3. The van der Waals surface area contributed by atoms with Crippen LogP contribution in [0.5, 0.6) is 0 Å². The summed E-state index contributed by atoms with van der Waals surface area (Å²) in [6.45, 7) is 17.8. The summed E-state index contributed by atoms with van der Waals surface area (Å²) in [5.41, 5.74) is 3.58. The summed E-state index contributed by atoms with van der Waals surface area (Å²) in [7, 11) is -1.51. The molecule has 1 aromatic rings. The molecule has 0 amide bonds. The van der Waals surface area contributed by atoms with Crippen molar-refractivity contribution in [1.29, 1.82) is 0 Å². The first-order valence-electron chi connectivity index (χ1n) is 6.18. The first kappa shape index (κ1) is 14.0. The number of nitrogens with one attached hydrogen (secondary N) is 1. The summed E-state index contributed by atoms with van der Waals surface area (Å²) < 4.78 is 0. The lowest BCUT2D eigenvalue weighted by atomic mass is 10.1. The molecule has 1 aromatic carbocycles. The summed E-state index contributed by atoms with van der Waals surface area (Å²) in [6.07, 6.45) is 0. The van der Waals surface area contributed by atoms with Crippen molar-refractivity contribution in [1.82, 2.24) is 0 Å². The highest BCUT2D eigenvalue weighted by Crippen LogP contribution is 2.37. The largest absolute Gasteiger partial charge is 0.410 e. The maximum atomic E-state index is 4.05. The highest BCUT2D eigenvalue weighted by Gasteiger charge is 2.35. The van der Waals surface area contributed by atoms with Gasteiger partial charge in [0.1, 0.15) is 0 Å². The molecule has 1 rings (SSSR count). The van der Waals surface area contributed by atoms with Gasteiger partial charge < -0.3 is 4.98 Å². The standard InChI is InChI=1S/C15H25NSi/c1-12(2)13-10-8-9-11-14(13)16-17(6,7)15(3,4)5/h8-11,16H,1H2,2-7H3. The lowest BCUT2D eigenvalue weighted by molar-refractivity contribution is 0.723. The Morgan fingerprint density at radius 1 is 1.18 bits per heavy atom. The van der Waals surface area contributed by atoms with Gasteiger partial charge >= 0.3 is 0 Å². The maximum absolute atomic E-state index is 4.05. The zero-order valence-electron chi connectivity index (χ0n) is 12.0. The van der Waals surface area contributed by atoms with Crippen LogP contribution < -0.4 is 4.98 Å². The first-order valence-corrected chi connectivity index (χ1v) is 9.18. The molecule has 1 nitrogen and oxygen atoms in total. The van der Waals surface area contributed by atoms with E-state index >= 15 is 0 Å². The van der Waals surface area contributed by atoms with Gasteiger partial charge in [0.05, 0.1) is 0 Å². The number of benzene rings is 1. The fourth-order valence-corrected chi connectivity index (χ4v) is 2.75. The smallest absolute Gasteiger partial charge is 0.152 e. The van der Waals surface area contributed by atoms with E-state index in [0.29, 0.717) is 5.04 Å². The van der Waals surface area contributed by atoms with Crippen LogP contribution in [0.15, 0.2) is 30.8 Å². The predicted octanol–water partition coefficient (Wildman–Crippen LogP) is 5.14. The second kappa shape index (κ2) is 4.69. The normalized spacial score (nSPS) is 12.4. The molecule has 0 spiro atoms. The van der Waals surface area contributed by atoms with Gasteiger partial charge in [-0.3, -0.25) is 0 Å². The van der Waals surface area contributed by atoms with Crippen molar-refractivity contribution < 1.29 is 0 Å². The van der Waals surface area contributed by atoms with Crippen LogP contribution in [0.25, 0.3) is 5.57 Å². The van der Waals surface area contributed by atoms with Crippen molar-refractivity contribution in [3.63, 3.8) is 0 Å². The van der Waals surface area contributed by atoms with Gasteiger partial charge in [-0.05, 0) is 29.2 Å². The molecule has 0 aromatic heterocycles. The quantitative estimate of drug-likeness (QED) is 0.730. The summed E-state index contributed by atoms with van der Waals surface area (Å²) in [6, 6.07) is 8.45. The molecule has 2 heteroatoms. The number of rotatable bonds is 3. The Bertz CT molecular complexity index is 413. The minimum absolute atomic E-state index is 0.329. The zero-order chi connectivity index (χ0) is 13.3. The number of anilines is 1. The van der Waals surface area contributed by atoms with E-state index in [-0.39, 0.29) is 0 Å². The van der Waals surface area contributed by atoms with Gasteiger partial charge in [-0.15, -0.1) is 0 Å². The van der Waals surface area contributed by atoms with Crippen LogP contribution in [-0.2, 0) is 0 Å². The molecular weight excluding hydrogens is 222 g/mol. The Morgan fingerprint density at radius 2 is 1.71 bits per heavy atom. The molecule has 0 aliphatic rings. The van der Waals surface area contributed by atoms with Gasteiger partial charge in [0.25, 0.3) is 0 Å². The molecule has 0 saturated heterocycles.